The quantitative estimate of drug-likeness (QED) is 0.836. The van der Waals surface area contributed by atoms with E-state index in [9.17, 15) is 0 Å². The smallest absolute Gasteiger partial charge is 0.0960 e. The van der Waals surface area contributed by atoms with Crippen LogP contribution in [0.3, 0.4) is 0 Å². The fraction of sp³-hybridized carbons (Fsp3) is 0.462. The van der Waals surface area contributed by atoms with Crippen LogP contribution < -0.4 is 5.73 Å². The zero-order chi connectivity index (χ0) is 11.3. The second-order valence-electron chi connectivity index (χ2n) is 5.31. The lowest BCUT2D eigenvalue weighted by Gasteiger charge is -2.18. The van der Waals surface area contributed by atoms with E-state index in [4.69, 9.17) is 5.73 Å². The summed E-state index contributed by atoms with van der Waals surface area (Å²) < 4.78 is 2.28. The molecule has 1 aromatic heterocycles. The molecule has 1 saturated carbocycles. The zero-order valence-electron chi connectivity index (χ0n) is 9.77. The fourth-order valence-corrected chi connectivity index (χ4v) is 2.08. The molecular formula is C13H17N3. The third-order valence-electron chi connectivity index (χ3n) is 3.26. The Hall–Kier alpha value is -1.35. The molecule has 84 valence electrons. The first-order valence-electron chi connectivity index (χ1n) is 5.82. The van der Waals surface area contributed by atoms with Gasteiger partial charge in [0.1, 0.15) is 0 Å². The number of hydrogen-bond donors (Lipinski definition) is 1. The van der Waals surface area contributed by atoms with Crippen LogP contribution in [0.5, 0.6) is 0 Å². The largest absolute Gasteiger partial charge is 0.327 e. The second kappa shape index (κ2) is 3.08. The van der Waals surface area contributed by atoms with Gasteiger partial charge in [-0.15, -0.1) is 0 Å². The van der Waals surface area contributed by atoms with Gasteiger partial charge >= 0.3 is 0 Å². The van der Waals surface area contributed by atoms with Gasteiger partial charge in [-0.2, -0.15) is 0 Å². The van der Waals surface area contributed by atoms with Crippen LogP contribution in [0.1, 0.15) is 38.3 Å². The van der Waals surface area contributed by atoms with Crippen molar-refractivity contribution in [2.75, 3.05) is 0 Å². The summed E-state index contributed by atoms with van der Waals surface area (Å²) in [7, 11) is 0. The Morgan fingerprint density at radius 1 is 1.38 bits per heavy atom. The first kappa shape index (κ1) is 9.85. The minimum absolute atomic E-state index is 0.294. The molecule has 0 amide bonds. The molecule has 1 aliphatic carbocycles. The van der Waals surface area contributed by atoms with Gasteiger partial charge in [-0.05, 0) is 44.4 Å². The summed E-state index contributed by atoms with van der Waals surface area (Å²) in [6, 6.07) is 7.04. The molecule has 3 heteroatoms. The van der Waals surface area contributed by atoms with Gasteiger partial charge < -0.3 is 10.3 Å². The van der Waals surface area contributed by atoms with Crippen LogP contribution in [0.25, 0.3) is 11.0 Å². The van der Waals surface area contributed by atoms with Gasteiger partial charge in [0.2, 0.25) is 0 Å². The van der Waals surface area contributed by atoms with Crippen molar-refractivity contribution in [1.29, 1.82) is 0 Å². The first-order chi connectivity index (χ1) is 7.55. The summed E-state index contributed by atoms with van der Waals surface area (Å²) in [6.07, 6.45) is 4.53. The van der Waals surface area contributed by atoms with E-state index in [1.165, 1.54) is 18.4 Å². The van der Waals surface area contributed by atoms with Crippen molar-refractivity contribution in [3.05, 3.63) is 30.1 Å². The lowest BCUT2D eigenvalue weighted by Crippen LogP contribution is -2.28. The van der Waals surface area contributed by atoms with Crippen LogP contribution in [-0.2, 0) is 5.54 Å². The van der Waals surface area contributed by atoms with Gasteiger partial charge in [-0.3, -0.25) is 0 Å². The molecule has 1 aromatic carbocycles. The Balaban J connectivity index is 2.13. The van der Waals surface area contributed by atoms with E-state index in [-0.39, 0.29) is 5.54 Å². The van der Waals surface area contributed by atoms with Crippen LogP contribution in [0.15, 0.2) is 24.5 Å². The predicted molar refractivity (Wildman–Crippen MR) is 65.2 cm³/mol. The Morgan fingerprint density at radius 3 is 2.75 bits per heavy atom. The second-order valence-corrected chi connectivity index (χ2v) is 5.31. The standard InChI is InChI=1S/C13H17N3/c1-13(2,14)9-3-6-12-11(7-9)15-8-16(12)10-4-5-10/h3,6-8,10H,4-5,14H2,1-2H3. The fourth-order valence-electron chi connectivity index (χ4n) is 2.08. The molecule has 0 spiro atoms. The average Bonchev–Trinajstić information content (AvgIpc) is 2.96. The molecule has 1 heterocycles. The molecule has 0 radical (unpaired) electrons. The molecule has 3 nitrogen and oxygen atoms in total. The highest BCUT2D eigenvalue weighted by Gasteiger charge is 2.25. The number of imidazole rings is 1. The van der Waals surface area contributed by atoms with E-state index >= 15 is 0 Å². The lowest BCUT2D eigenvalue weighted by molar-refractivity contribution is 0.555. The highest BCUT2D eigenvalue weighted by atomic mass is 15.1. The van der Waals surface area contributed by atoms with Crippen LogP contribution in [0, 0.1) is 0 Å². The molecule has 0 bridgehead atoms. The van der Waals surface area contributed by atoms with Gasteiger partial charge in [-0.1, -0.05) is 6.07 Å². The summed E-state index contributed by atoms with van der Waals surface area (Å²) in [4.78, 5) is 4.46. The van der Waals surface area contributed by atoms with Gasteiger partial charge in [0.15, 0.2) is 0 Å². The molecule has 0 unspecified atom stereocenters. The Bertz CT molecular complexity index is 530. The molecule has 2 N–H and O–H groups in total. The topological polar surface area (TPSA) is 43.8 Å². The van der Waals surface area contributed by atoms with Crippen molar-refractivity contribution in [1.82, 2.24) is 9.55 Å². The Labute approximate surface area is 95.3 Å². The van der Waals surface area contributed by atoms with Gasteiger partial charge in [0, 0.05) is 11.6 Å². The van der Waals surface area contributed by atoms with Crippen LogP contribution >= 0.6 is 0 Å². The predicted octanol–water partition coefficient (Wildman–Crippen LogP) is 2.57. The number of fused-ring (bicyclic) bond motifs is 1. The Kier molecular flexibility index (Phi) is 1.89. The van der Waals surface area contributed by atoms with Gasteiger partial charge in [0.25, 0.3) is 0 Å². The maximum absolute atomic E-state index is 6.09. The summed E-state index contributed by atoms with van der Waals surface area (Å²) in [5.41, 5.74) is 9.23. The molecule has 0 atom stereocenters. The number of hydrogen-bond acceptors (Lipinski definition) is 2. The SMILES string of the molecule is CC(C)(N)c1ccc2c(c1)ncn2C1CC1. The van der Waals surface area contributed by atoms with E-state index in [1.807, 2.05) is 20.2 Å². The van der Waals surface area contributed by atoms with E-state index in [2.05, 4.69) is 27.8 Å². The first-order valence-corrected chi connectivity index (χ1v) is 5.82. The Morgan fingerprint density at radius 2 is 2.12 bits per heavy atom. The monoisotopic (exact) mass is 215 g/mol. The van der Waals surface area contributed by atoms with Crippen molar-refractivity contribution in [3.63, 3.8) is 0 Å². The maximum atomic E-state index is 6.09. The van der Waals surface area contributed by atoms with Crippen LogP contribution in [0.2, 0.25) is 0 Å². The van der Waals surface area contributed by atoms with E-state index in [0.717, 1.165) is 11.1 Å². The van der Waals surface area contributed by atoms with Crippen LogP contribution in [0.4, 0.5) is 0 Å². The average molecular weight is 215 g/mol. The van der Waals surface area contributed by atoms with Crippen molar-refractivity contribution in [2.45, 2.75) is 38.3 Å². The molecule has 0 aliphatic heterocycles. The molecule has 1 fully saturated rings. The molecule has 1 aliphatic rings. The highest BCUT2D eigenvalue weighted by Crippen LogP contribution is 2.37. The zero-order valence-corrected chi connectivity index (χ0v) is 9.77. The summed E-state index contributed by atoms with van der Waals surface area (Å²) in [5.74, 6) is 0. The van der Waals surface area contributed by atoms with Gasteiger partial charge in [-0.25, -0.2) is 4.98 Å². The van der Waals surface area contributed by atoms with Crippen molar-refractivity contribution >= 4 is 11.0 Å². The van der Waals surface area contributed by atoms with E-state index < -0.39 is 0 Å². The van der Waals surface area contributed by atoms with Crippen molar-refractivity contribution in [2.24, 2.45) is 5.73 Å². The molecule has 2 aromatic rings. The number of benzene rings is 1. The molecule has 3 rings (SSSR count). The minimum Gasteiger partial charge on any atom is -0.327 e. The van der Waals surface area contributed by atoms with Crippen molar-refractivity contribution in [3.8, 4) is 0 Å². The summed E-state index contributed by atoms with van der Waals surface area (Å²) in [5, 5.41) is 0. The summed E-state index contributed by atoms with van der Waals surface area (Å²) >= 11 is 0. The van der Waals surface area contributed by atoms with E-state index in [1.54, 1.807) is 0 Å². The molecule has 0 saturated heterocycles. The van der Waals surface area contributed by atoms with E-state index in [0.29, 0.717) is 6.04 Å². The lowest BCUT2D eigenvalue weighted by atomic mass is 9.95. The number of nitrogens with two attached hydrogens (primary N) is 1. The molecule has 16 heavy (non-hydrogen) atoms. The van der Waals surface area contributed by atoms with Crippen molar-refractivity contribution < 1.29 is 0 Å². The number of aromatic nitrogens is 2. The minimum atomic E-state index is -0.294. The number of nitrogens with zero attached hydrogens (tertiary/aromatic N) is 2. The highest BCUT2D eigenvalue weighted by molar-refractivity contribution is 5.76. The normalized spacial score (nSPS) is 16.9. The van der Waals surface area contributed by atoms with Gasteiger partial charge in [0.05, 0.1) is 17.4 Å². The third kappa shape index (κ3) is 1.52. The number of rotatable bonds is 2. The third-order valence-corrected chi connectivity index (χ3v) is 3.26. The summed E-state index contributed by atoms with van der Waals surface area (Å²) in [6.45, 7) is 4.04. The van der Waals surface area contributed by atoms with Crippen LogP contribution in [-0.4, -0.2) is 9.55 Å². The maximum Gasteiger partial charge on any atom is 0.0960 e. The molecular weight excluding hydrogens is 198 g/mol.